The van der Waals surface area contributed by atoms with Gasteiger partial charge in [-0.1, -0.05) is 12.1 Å². The standard InChI is InChI=1S/C22H21FN4O/c23-19-6-1-4-16(12-19)17-8-9-21-24-22(25-27(21)14-17)18-5-2-10-26(13-18)15-20-7-3-11-28-20/h1,3-4,6-9,11-12,14,18H,2,5,10,13,15H2. The summed E-state index contributed by atoms with van der Waals surface area (Å²) >= 11 is 0. The van der Waals surface area contributed by atoms with Crippen molar-refractivity contribution in [3.05, 3.63) is 78.4 Å². The predicted octanol–water partition coefficient (Wildman–Crippen LogP) is 4.51. The van der Waals surface area contributed by atoms with E-state index in [4.69, 9.17) is 14.5 Å². The molecule has 142 valence electrons. The topological polar surface area (TPSA) is 46.6 Å². The van der Waals surface area contributed by atoms with Crippen molar-refractivity contribution in [2.75, 3.05) is 13.1 Å². The van der Waals surface area contributed by atoms with Gasteiger partial charge in [-0.2, -0.15) is 5.10 Å². The fourth-order valence-corrected chi connectivity index (χ4v) is 3.94. The number of rotatable bonds is 4. The summed E-state index contributed by atoms with van der Waals surface area (Å²) in [5.41, 5.74) is 2.58. The van der Waals surface area contributed by atoms with Crippen LogP contribution in [0.1, 0.15) is 30.3 Å². The summed E-state index contributed by atoms with van der Waals surface area (Å²) in [6.45, 7) is 2.81. The van der Waals surface area contributed by atoms with Crippen molar-refractivity contribution in [2.45, 2.75) is 25.3 Å². The SMILES string of the molecule is Fc1cccc(-c2ccc3nc(C4CCCN(Cc5ccco5)C4)nn3c2)c1. The molecule has 0 N–H and O–H groups in total. The van der Waals surface area contributed by atoms with Gasteiger partial charge in [0.05, 0.1) is 12.8 Å². The third-order valence-corrected chi connectivity index (χ3v) is 5.34. The first-order valence-electron chi connectivity index (χ1n) is 9.61. The van der Waals surface area contributed by atoms with Crippen molar-refractivity contribution in [3.63, 3.8) is 0 Å². The highest BCUT2D eigenvalue weighted by Gasteiger charge is 2.25. The van der Waals surface area contributed by atoms with Crippen LogP contribution in [-0.2, 0) is 6.54 Å². The molecule has 5 nitrogen and oxygen atoms in total. The monoisotopic (exact) mass is 376 g/mol. The van der Waals surface area contributed by atoms with E-state index in [1.165, 1.54) is 12.1 Å². The van der Waals surface area contributed by atoms with Gasteiger partial charge in [-0.15, -0.1) is 0 Å². The number of piperidine rings is 1. The zero-order valence-electron chi connectivity index (χ0n) is 15.5. The summed E-state index contributed by atoms with van der Waals surface area (Å²) in [6, 6.07) is 14.5. The smallest absolute Gasteiger partial charge is 0.156 e. The molecule has 4 aromatic rings. The number of likely N-dealkylation sites (tertiary alicyclic amines) is 1. The van der Waals surface area contributed by atoms with Crippen LogP contribution in [0.4, 0.5) is 4.39 Å². The lowest BCUT2D eigenvalue weighted by molar-refractivity contribution is 0.183. The lowest BCUT2D eigenvalue weighted by Crippen LogP contribution is -2.34. The molecule has 1 aromatic carbocycles. The zero-order valence-corrected chi connectivity index (χ0v) is 15.5. The predicted molar refractivity (Wildman–Crippen MR) is 104 cm³/mol. The van der Waals surface area contributed by atoms with E-state index in [9.17, 15) is 4.39 Å². The number of benzene rings is 1. The zero-order chi connectivity index (χ0) is 18.9. The van der Waals surface area contributed by atoms with E-state index in [0.717, 1.165) is 60.8 Å². The van der Waals surface area contributed by atoms with Gasteiger partial charge in [0.25, 0.3) is 0 Å². The molecule has 1 unspecified atom stereocenters. The third kappa shape index (κ3) is 3.43. The molecule has 28 heavy (non-hydrogen) atoms. The molecule has 0 radical (unpaired) electrons. The quantitative estimate of drug-likeness (QED) is 0.526. The summed E-state index contributed by atoms with van der Waals surface area (Å²) < 4.78 is 20.8. The van der Waals surface area contributed by atoms with Crippen LogP contribution in [0.3, 0.4) is 0 Å². The Morgan fingerprint density at radius 3 is 2.93 bits per heavy atom. The number of hydrogen-bond acceptors (Lipinski definition) is 4. The maximum Gasteiger partial charge on any atom is 0.156 e. The van der Waals surface area contributed by atoms with E-state index in [-0.39, 0.29) is 5.82 Å². The van der Waals surface area contributed by atoms with Crippen LogP contribution in [0, 0.1) is 5.82 Å². The molecule has 5 rings (SSSR count). The molecular formula is C22H21FN4O. The molecule has 3 aromatic heterocycles. The highest BCUT2D eigenvalue weighted by molar-refractivity contribution is 5.64. The van der Waals surface area contributed by atoms with Crippen molar-refractivity contribution in [2.24, 2.45) is 0 Å². The number of hydrogen-bond donors (Lipinski definition) is 0. The fourth-order valence-electron chi connectivity index (χ4n) is 3.94. The number of furan rings is 1. The van der Waals surface area contributed by atoms with Gasteiger partial charge in [0.1, 0.15) is 11.6 Å². The van der Waals surface area contributed by atoms with E-state index >= 15 is 0 Å². The number of halogens is 1. The van der Waals surface area contributed by atoms with E-state index in [2.05, 4.69) is 4.90 Å². The Kier molecular flexibility index (Phi) is 4.41. The fraction of sp³-hybridized carbons (Fsp3) is 0.273. The summed E-state index contributed by atoms with van der Waals surface area (Å²) in [5.74, 6) is 1.93. The van der Waals surface area contributed by atoms with Gasteiger partial charge in [0.2, 0.25) is 0 Å². The van der Waals surface area contributed by atoms with Crippen LogP contribution >= 0.6 is 0 Å². The molecule has 1 aliphatic heterocycles. The maximum absolute atomic E-state index is 13.5. The first-order chi connectivity index (χ1) is 13.7. The third-order valence-electron chi connectivity index (χ3n) is 5.34. The minimum Gasteiger partial charge on any atom is -0.468 e. The summed E-state index contributed by atoms with van der Waals surface area (Å²) in [6.07, 6.45) is 5.85. The Hall–Kier alpha value is -2.99. The molecule has 1 atom stereocenters. The Morgan fingerprint density at radius 1 is 1.11 bits per heavy atom. The molecule has 0 spiro atoms. The lowest BCUT2D eigenvalue weighted by atomic mass is 9.97. The number of fused-ring (bicyclic) bond motifs is 1. The van der Waals surface area contributed by atoms with Gasteiger partial charge in [0.15, 0.2) is 11.5 Å². The van der Waals surface area contributed by atoms with Gasteiger partial charge >= 0.3 is 0 Å². The second kappa shape index (κ2) is 7.20. The Balaban J connectivity index is 1.38. The van der Waals surface area contributed by atoms with Crippen LogP contribution in [0.25, 0.3) is 16.8 Å². The molecule has 1 fully saturated rings. The Labute approximate surface area is 162 Å². The Morgan fingerprint density at radius 2 is 2.07 bits per heavy atom. The number of aromatic nitrogens is 3. The minimum atomic E-state index is -0.240. The largest absolute Gasteiger partial charge is 0.468 e. The molecule has 1 aliphatic rings. The normalized spacial score (nSPS) is 18.0. The number of pyridine rings is 1. The minimum absolute atomic E-state index is 0.240. The molecule has 6 heteroatoms. The van der Waals surface area contributed by atoms with Gasteiger partial charge in [-0.3, -0.25) is 4.90 Å². The first kappa shape index (κ1) is 17.1. The van der Waals surface area contributed by atoms with Gasteiger partial charge in [0, 0.05) is 24.2 Å². The van der Waals surface area contributed by atoms with Gasteiger partial charge < -0.3 is 4.42 Å². The van der Waals surface area contributed by atoms with Gasteiger partial charge in [-0.25, -0.2) is 13.9 Å². The highest BCUT2D eigenvalue weighted by atomic mass is 19.1. The molecule has 0 bridgehead atoms. The van der Waals surface area contributed by atoms with E-state index in [0.29, 0.717) is 5.92 Å². The second-order valence-electron chi connectivity index (χ2n) is 7.35. The van der Waals surface area contributed by atoms with Gasteiger partial charge in [-0.05, 0) is 61.3 Å². The molecule has 0 aliphatic carbocycles. The highest BCUT2D eigenvalue weighted by Crippen LogP contribution is 2.27. The van der Waals surface area contributed by atoms with E-state index < -0.39 is 0 Å². The van der Waals surface area contributed by atoms with Crippen molar-refractivity contribution >= 4 is 5.65 Å². The maximum atomic E-state index is 13.5. The van der Waals surface area contributed by atoms with Crippen molar-refractivity contribution < 1.29 is 8.81 Å². The summed E-state index contributed by atoms with van der Waals surface area (Å²) in [5, 5.41) is 4.74. The van der Waals surface area contributed by atoms with Crippen LogP contribution in [0.5, 0.6) is 0 Å². The van der Waals surface area contributed by atoms with Crippen molar-refractivity contribution in [3.8, 4) is 11.1 Å². The molecular weight excluding hydrogens is 355 g/mol. The number of nitrogens with zero attached hydrogens (tertiary/aromatic N) is 4. The van der Waals surface area contributed by atoms with E-state index in [1.807, 2.05) is 36.5 Å². The van der Waals surface area contributed by atoms with Crippen LogP contribution in [-0.4, -0.2) is 32.6 Å². The molecule has 0 amide bonds. The van der Waals surface area contributed by atoms with Crippen LogP contribution in [0.15, 0.2) is 65.4 Å². The molecule has 4 heterocycles. The first-order valence-corrected chi connectivity index (χ1v) is 9.61. The molecule has 1 saturated heterocycles. The van der Waals surface area contributed by atoms with Crippen LogP contribution < -0.4 is 0 Å². The van der Waals surface area contributed by atoms with Crippen molar-refractivity contribution in [1.82, 2.24) is 19.5 Å². The lowest BCUT2D eigenvalue weighted by Gasteiger charge is -2.30. The summed E-state index contributed by atoms with van der Waals surface area (Å²) in [4.78, 5) is 7.15. The molecule has 0 saturated carbocycles. The summed E-state index contributed by atoms with van der Waals surface area (Å²) in [7, 11) is 0. The average molecular weight is 376 g/mol. The van der Waals surface area contributed by atoms with E-state index in [1.54, 1.807) is 16.8 Å². The van der Waals surface area contributed by atoms with Crippen LogP contribution in [0.2, 0.25) is 0 Å². The Bertz CT molecular complexity index is 1090. The second-order valence-corrected chi connectivity index (χ2v) is 7.35. The van der Waals surface area contributed by atoms with Crippen molar-refractivity contribution in [1.29, 1.82) is 0 Å². The average Bonchev–Trinajstić information content (AvgIpc) is 3.37.